The lowest BCUT2D eigenvalue weighted by molar-refractivity contribution is 0.0727. The first-order valence-electron chi connectivity index (χ1n) is 9.24. The molecular weight excluding hydrogens is 378 g/mol. The monoisotopic (exact) mass is 403 g/mol. The van der Waals surface area contributed by atoms with Gasteiger partial charge in [-0.3, -0.25) is 0 Å². The van der Waals surface area contributed by atoms with Crippen molar-refractivity contribution in [2.45, 2.75) is 40.0 Å². The number of nitrogens with zero attached hydrogens (tertiary/aromatic N) is 1. The Morgan fingerprint density at radius 1 is 0.964 bits per heavy atom. The van der Waals surface area contributed by atoms with Gasteiger partial charge in [0.25, 0.3) is 0 Å². The number of carbonyl (C=O) groups is 2. The first-order valence-corrected chi connectivity index (χ1v) is 9.62. The molecule has 1 amide bonds. The van der Waals surface area contributed by atoms with E-state index in [4.69, 9.17) is 21.1 Å². The van der Waals surface area contributed by atoms with Crippen LogP contribution in [0.4, 0.5) is 4.79 Å². The molecule has 0 aliphatic carbocycles. The summed E-state index contributed by atoms with van der Waals surface area (Å²) in [4.78, 5) is 26.5. The zero-order valence-corrected chi connectivity index (χ0v) is 17.7. The van der Waals surface area contributed by atoms with Crippen LogP contribution in [-0.4, -0.2) is 30.1 Å². The molecule has 0 saturated heterocycles. The molecule has 2 aromatic rings. The van der Waals surface area contributed by atoms with Crippen LogP contribution in [0.1, 0.15) is 50.5 Å². The maximum Gasteiger partial charge on any atom is 0.415 e. The first kappa shape index (κ1) is 21.8. The number of carbonyl (C=O) groups excluding carboxylic acids is 2. The van der Waals surface area contributed by atoms with Crippen LogP contribution in [0.3, 0.4) is 0 Å². The second kappa shape index (κ2) is 9.11. The number of esters is 1. The summed E-state index contributed by atoms with van der Waals surface area (Å²) < 4.78 is 11.1. The van der Waals surface area contributed by atoms with Gasteiger partial charge in [0.1, 0.15) is 0 Å². The number of halogens is 1. The fourth-order valence-electron chi connectivity index (χ4n) is 2.55. The molecule has 0 radical (unpaired) electrons. The van der Waals surface area contributed by atoms with Crippen LogP contribution < -0.4 is 9.47 Å². The van der Waals surface area contributed by atoms with Crippen molar-refractivity contribution in [2.24, 2.45) is 0 Å². The van der Waals surface area contributed by atoms with Crippen molar-refractivity contribution in [2.75, 3.05) is 13.1 Å². The lowest BCUT2D eigenvalue weighted by atomic mass is 9.87. The van der Waals surface area contributed by atoms with Gasteiger partial charge in [-0.05, 0) is 55.2 Å². The zero-order chi connectivity index (χ0) is 20.9. The average Bonchev–Trinajstić information content (AvgIpc) is 2.63. The molecule has 2 aromatic carbocycles. The van der Waals surface area contributed by atoms with E-state index in [1.54, 1.807) is 35.2 Å². The standard InChI is InChI=1S/C22H26ClNO4/c1-6-24(7-2)21(26)28-19-14-16(22(3,4)5)11-12-18(19)27-20(25)15-9-8-10-17(23)13-15/h8-14H,6-7H2,1-5H3. The summed E-state index contributed by atoms with van der Waals surface area (Å²) in [7, 11) is 0. The van der Waals surface area contributed by atoms with Gasteiger partial charge in [-0.15, -0.1) is 0 Å². The first-order chi connectivity index (χ1) is 13.2. The van der Waals surface area contributed by atoms with Gasteiger partial charge >= 0.3 is 12.1 Å². The number of benzene rings is 2. The SMILES string of the molecule is CCN(CC)C(=O)Oc1cc(C(C)(C)C)ccc1OC(=O)c1cccc(Cl)c1. The van der Waals surface area contributed by atoms with Gasteiger partial charge in [-0.1, -0.05) is 44.5 Å². The Labute approximate surface area is 171 Å². The molecular formula is C22H26ClNO4. The van der Waals surface area contributed by atoms with E-state index < -0.39 is 12.1 Å². The minimum Gasteiger partial charge on any atom is -0.419 e. The second-order valence-corrected chi connectivity index (χ2v) is 7.79. The molecule has 150 valence electrons. The summed E-state index contributed by atoms with van der Waals surface area (Å²) in [5.74, 6) is -0.190. The van der Waals surface area contributed by atoms with Crippen molar-refractivity contribution in [1.82, 2.24) is 4.90 Å². The van der Waals surface area contributed by atoms with Gasteiger partial charge in [-0.2, -0.15) is 0 Å². The van der Waals surface area contributed by atoms with Crippen LogP contribution in [-0.2, 0) is 5.41 Å². The van der Waals surface area contributed by atoms with Crippen molar-refractivity contribution >= 4 is 23.7 Å². The molecule has 0 atom stereocenters. The highest BCUT2D eigenvalue weighted by Crippen LogP contribution is 2.34. The van der Waals surface area contributed by atoms with Crippen molar-refractivity contribution in [1.29, 1.82) is 0 Å². The molecule has 0 spiro atoms. The second-order valence-electron chi connectivity index (χ2n) is 7.35. The molecule has 28 heavy (non-hydrogen) atoms. The van der Waals surface area contributed by atoms with Gasteiger partial charge in [0.05, 0.1) is 5.56 Å². The van der Waals surface area contributed by atoms with Gasteiger partial charge in [0, 0.05) is 18.1 Å². The van der Waals surface area contributed by atoms with E-state index in [0.717, 1.165) is 5.56 Å². The smallest absolute Gasteiger partial charge is 0.415 e. The molecule has 0 heterocycles. The molecule has 0 aliphatic heterocycles. The quantitative estimate of drug-likeness (QED) is 0.474. The number of ether oxygens (including phenoxy) is 2. The van der Waals surface area contributed by atoms with Gasteiger partial charge < -0.3 is 14.4 Å². The Bertz CT molecular complexity index is 854. The molecule has 0 unspecified atom stereocenters. The Hall–Kier alpha value is -2.53. The fraction of sp³-hybridized carbons (Fsp3) is 0.364. The molecule has 6 heteroatoms. The number of hydrogen-bond acceptors (Lipinski definition) is 4. The minimum absolute atomic E-state index is 0.161. The normalized spacial score (nSPS) is 11.1. The molecule has 0 saturated carbocycles. The summed E-state index contributed by atoms with van der Waals surface area (Å²) in [6, 6.07) is 11.7. The van der Waals surface area contributed by atoms with Crippen LogP contribution in [0, 0.1) is 0 Å². The van der Waals surface area contributed by atoms with Crippen molar-refractivity contribution in [3.05, 3.63) is 58.6 Å². The predicted octanol–water partition coefficient (Wildman–Crippen LogP) is 5.70. The highest BCUT2D eigenvalue weighted by molar-refractivity contribution is 6.30. The van der Waals surface area contributed by atoms with Crippen LogP contribution in [0.25, 0.3) is 0 Å². The minimum atomic E-state index is -0.578. The largest absolute Gasteiger partial charge is 0.419 e. The highest BCUT2D eigenvalue weighted by atomic mass is 35.5. The van der Waals surface area contributed by atoms with E-state index in [-0.39, 0.29) is 16.9 Å². The maximum absolute atomic E-state index is 12.5. The number of hydrogen-bond donors (Lipinski definition) is 0. The number of rotatable bonds is 5. The topological polar surface area (TPSA) is 55.8 Å². The average molecular weight is 404 g/mol. The summed E-state index contributed by atoms with van der Waals surface area (Å²) in [5.41, 5.74) is 1.11. The van der Waals surface area contributed by atoms with E-state index in [9.17, 15) is 9.59 Å². The van der Waals surface area contributed by atoms with Crippen LogP contribution in [0.15, 0.2) is 42.5 Å². The van der Waals surface area contributed by atoms with E-state index in [0.29, 0.717) is 23.7 Å². The molecule has 5 nitrogen and oxygen atoms in total. The van der Waals surface area contributed by atoms with Crippen LogP contribution >= 0.6 is 11.6 Å². The van der Waals surface area contributed by atoms with E-state index in [2.05, 4.69) is 20.8 Å². The number of amides is 1. The third-order valence-electron chi connectivity index (χ3n) is 4.29. The molecule has 0 aliphatic rings. The predicted molar refractivity (Wildman–Crippen MR) is 110 cm³/mol. The summed E-state index contributed by atoms with van der Waals surface area (Å²) in [6.07, 6.45) is -0.490. The summed E-state index contributed by atoms with van der Waals surface area (Å²) in [6.45, 7) is 10.9. The highest BCUT2D eigenvalue weighted by Gasteiger charge is 2.22. The van der Waals surface area contributed by atoms with Crippen molar-refractivity contribution in [3.8, 4) is 11.5 Å². The van der Waals surface area contributed by atoms with E-state index >= 15 is 0 Å². The lowest BCUT2D eigenvalue weighted by Crippen LogP contribution is -2.33. The van der Waals surface area contributed by atoms with Gasteiger partial charge in [0.2, 0.25) is 0 Å². The van der Waals surface area contributed by atoms with Gasteiger partial charge in [0.15, 0.2) is 11.5 Å². The Kier molecular flexibility index (Phi) is 7.08. The maximum atomic E-state index is 12.5. The third-order valence-corrected chi connectivity index (χ3v) is 4.53. The Morgan fingerprint density at radius 2 is 1.64 bits per heavy atom. The summed E-state index contributed by atoms with van der Waals surface area (Å²) >= 11 is 5.95. The van der Waals surface area contributed by atoms with Gasteiger partial charge in [-0.25, -0.2) is 9.59 Å². The fourth-order valence-corrected chi connectivity index (χ4v) is 2.74. The van der Waals surface area contributed by atoms with E-state index in [1.807, 2.05) is 19.9 Å². The summed E-state index contributed by atoms with van der Waals surface area (Å²) in [5, 5.41) is 0.436. The Morgan fingerprint density at radius 3 is 2.21 bits per heavy atom. The van der Waals surface area contributed by atoms with Crippen LogP contribution in [0.2, 0.25) is 5.02 Å². The van der Waals surface area contributed by atoms with Crippen molar-refractivity contribution < 1.29 is 19.1 Å². The van der Waals surface area contributed by atoms with E-state index in [1.165, 1.54) is 6.07 Å². The molecule has 0 fully saturated rings. The molecule has 2 rings (SSSR count). The molecule has 0 N–H and O–H groups in total. The lowest BCUT2D eigenvalue weighted by Gasteiger charge is -2.22. The van der Waals surface area contributed by atoms with Crippen LogP contribution in [0.5, 0.6) is 11.5 Å². The Balaban J connectivity index is 2.36. The molecule has 0 aromatic heterocycles. The molecule has 0 bridgehead atoms. The van der Waals surface area contributed by atoms with Crippen molar-refractivity contribution in [3.63, 3.8) is 0 Å². The third kappa shape index (κ3) is 5.49. The zero-order valence-electron chi connectivity index (χ0n) is 16.9.